The molecule has 1 aromatic carbocycles. The highest BCUT2D eigenvalue weighted by molar-refractivity contribution is 5.86. The van der Waals surface area contributed by atoms with E-state index in [1.807, 2.05) is 0 Å². The third-order valence-corrected chi connectivity index (χ3v) is 2.56. The Hall–Kier alpha value is -1.83. The molecule has 1 aromatic rings. The van der Waals surface area contributed by atoms with Crippen LogP contribution in [0.3, 0.4) is 0 Å². The smallest absolute Gasteiger partial charge is 0.412 e. The van der Waals surface area contributed by atoms with Crippen molar-refractivity contribution in [2.45, 2.75) is 45.0 Å². The molecule has 0 spiro atoms. The molecule has 0 saturated heterocycles. The minimum absolute atomic E-state index is 0.0235. The first-order chi connectivity index (χ1) is 9.88. The lowest BCUT2D eigenvalue weighted by molar-refractivity contribution is -0.147. The van der Waals surface area contributed by atoms with Crippen LogP contribution in [0.5, 0.6) is 0 Å². The zero-order chi connectivity index (χ0) is 17.1. The van der Waals surface area contributed by atoms with Gasteiger partial charge in [-0.2, -0.15) is 13.2 Å². The average Bonchev–Trinajstić information content (AvgIpc) is 2.29. The molecule has 0 fully saturated rings. The predicted octanol–water partition coefficient (Wildman–Crippen LogP) is 3.60. The van der Waals surface area contributed by atoms with Gasteiger partial charge in [0, 0.05) is 5.69 Å². The number of hydrogen-bond acceptors (Lipinski definition) is 3. The van der Waals surface area contributed by atoms with Gasteiger partial charge < -0.3 is 10.5 Å². The number of hydrogen-bond donors (Lipinski definition) is 2. The van der Waals surface area contributed by atoms with Gasteiger partial charge in [0.1, 0.15) is 17.5 Å². The van der Waals surface area contributed by atoms with Gasteiger partial charge in [0.25, 0.3) is 0 Å². The molecule has 0 heterocycles. The zero-order valence-corrected chi connectivity index (χ0v) is 12.4. The van der Waals surface area contributed by atoms with Crippen LogP contribution in [0.4, 0.5) is 28.0 Å². The molecule has 1 amide bonds. The quantitative estimate of drug-likeness (QED) is 0.836. The molecule has 0 aromatic heterocycles. The van der Waals surface area contributed by atoms with Crippen LogP contribution in [0, 0.1) is 5.82 Å². The number of alkyl halides is 3. The molecule has 1 atom stereocenters. The minimum Gasteiger partial charge on any atom is -0.444 e. The van der Waals surface area contributed by atoms with Crippen LogP contribution in [0.1, 0.15) is 26.3 Å². The Labute approximate surface area is 125 Å². The summed E-state index contributed by atoms with van der Waals surface area (Å²) in [6, 6.07) is 0.930. The molecule has 1 unspecified atom stereocenters. The summed E-state index contributed by atoms with van der Waals surface area (Å²) in [6.07, 6.45) is -6.12. The maximum Gasteiger partial charge on any atom is 0.412 e. The third-order valence-electron chi connectivity index (χ3n) is 2.56. The summed E-state index contributed by atoms with van der Waals surface area (Å²) in [5.74, 6) is -0.723. The number of nitrogens with two attached hydrogens (primary N) is 1. The number of ether oxygens (including phenoxy) is 1. The summed E-state index contributed by atoms with van der Waals surface area (Å²) in [4.78, 5) is 11.7. The van der Waals surface area contributed by atoms with E-state index in [9.17, 15) is 22.4 Å². The van der Waals surface area contributed by atoms with Crippen LogP contribution >= 0.6 is 0 Å². The van der Waals surface area contributed by atoms with Crippen molar-refractivity contribution in [3.63, 3.8) is 0 Å². The van der Waals surface area contributed by atoms with E-state index in [-0.39, 0.29) is 11.3 Å². The molecule has 4 nitrogen and oxygen atoms in total. The monoisotopic (exact) mass is 322 g/mol. The van der Waals surface area contributed by atoms with E-state index >= 15 is 0 Å². The summed E-state index contributed by atoms with van der Waals surface area (Å²) >= 11 is 0. The van der Waals surface area contributed by atoms with Gasteiger partial charge in [-0.3, -0.25) is 5.32 Å². The average molecular weight is 322 g/mol. The highest BCUT2D eigenvalue weighted by Crippen LogP contribution is 2.25. The fraction of sp³-hybridized carbons (Fsp3) is 0.500. The van der Waals surface area contributed by atoms with Crippen molar-refractivity contribution in [1.82, 2.24) is 0 Å². The lowest BCUT2D eigenvalue weighted by Crippen LogP contribution is -2.39. The summed E-state index contributed by atoms with van der Waals surface area (Å²) in [5, 5.41) is 2.30. The number of halogens is 4. The molecular formula is C14H18F4N2O2. The number of benzene rings is 1. The van der Waals surface area contributed by atoms with Crippen LogP contribution in [-0.4, -0.2) is 23.9 Å². The zero-order valence-electron chi connectivity index (χ0n) is 12.4. The Kier molecular flexibility index (Phi) is 5.39. The Balaban J connectivity index is 2.94. The van der Waals surface area contributed by atoms with E-state index in [0.717, 1.165) is 18.2 Å². The number of rotatable bonds is 3. The van der Waals surface area contributed by atoms with Crippen LogP contribution in [0.2, 0.25) is 0 Å². The van der Waals surface area contributed by atoms with Gasteiger partial charge in [-0.05, 0) is 51.0 Å². The topological polar surface area (TPSA) is 64.3 Å². The van der Waals surface area contributed by atoms with Gasteiger partial charge >= 0.3 is 12.3 Å². The minimum atomic E-state index is -4.62. The normalized spacial score (nSPS) is 13.6. The fourth-order valence-corrected chi connectivity index (χ4v) is 1.62. The second-order valence-corrected chi connectivity index (χ2v) is 5.78. The van der Waals surface area contributed by atoms with Gasteiger partial charge in [0.2, 0.25) is 0 Å². The third kappa shape index (κ3) is 5.88. The number of nitrogens with one attached hydrogen (secondary N) is 1. The molecule has 0 aliphatic carbocycles. The van der Waals surface area contributed by atoms with Crippen molar-refractivity contribution in [3.05, 3.63) is 29.6 Å². The van der Waals surface area contributed by atoms with E-state index < -0.39 is 36.2 Å². The SMILES string of the molecule is CC(C)(C)OC(=O)Nc1ccc(F)cc1CC(N)C(F)(F)F. The van der Waals surface area contributed by atoms with E-state index in [1.54, 1.807) is 20.8 Å². The Bertz CT molecular complexity index is 539. The lowest BCUT2D eigenvalue weighted by Gasteiger charge is -2.21. The van der Waals surface area contributed by atoms with Crippen molar-refractivity contribution < 1.29 is 27.1 Å². The molecule has 124 valence electrons. The van der Waals surface area contributed by atoms with Crippen molar-refractivity contribution in [2.75, 3.05) is 5.32 Å². The van der Waals surface area contributed by atoms with Gasteiger partial charge in [-0.15, -0.1) is 0 Å². The van der Waals surface area contributed by atoms with Gasteiger partial charge in [0.15, 0.2) is 0 Å². The van der Waals surface area contributed by atoms with Gasteiger partial charge in [-0.1, -0.05) is 0 Å². The number of amides is 1. The number of carbonyl (C=O) groups excluding carboxylic acids is 1. The van der Waals surface area contributed by atoms with Crippen LogP contribution < -0.4 is 11.1 Å². The van der Waals surface area contributed by atoms with Crippen molar-refractivity contribution in [3.8, 4) is 0 Å². The second kappa shape index (κ2) is 6.51. The molecular weight excluding hydrogens is 304 g/mol. The van der Waals surface area contributed by atoms with Crippen LogP contribution in [-0.2, 0) is 11.2 Å². The molecule has 0 aliphatic rings. The van der Waals surface area contributed by atoms with Crippen molar-refractivity contribution in [1.29, 1.82) is 0 Å². The Morgan fingerprint density at radius 1 is 1.32 bits per heavy atom. The van der Waals surface area contributed by atoms with Crippen LogP contribution in [0.25, 0.3) is 0 Å². The van der Waals surface area contributed by atoms with Crippen LogP contribution in [0.15, 0.2) is 18.2 Å². The van der Waals surface area contributed by atoms with E-state index in [1.165, 1.54) is 0 Å². The molecule has 0 saturated carbocycles. The number of carbonyl (C=O) groups is 1. The standard InChI is InChI=1S/C14H18F4N2O2/c1-13(2,3)22-12(21)20-10-5-4-9(15)6-8(10)7-11(19)14(16,17)18/h4-6,11H,7,19H2,1-3H3,(H,20,21). The molecule has 22 heavy (non-hydrogen) atoms. The maximum absolute atomic E-state index is 13.2. The molecule has 0 radical (unpaired) electrons. The van der Waals surface area contributed by atoms with E-state index in [4.69, 9.17) is 10.5 Å². The first-order valence-corrected chi connectivity index (χ1v) is 6.49. The molecule has 1 rings (SSSR count). The molecule has 0 bridgehead atoms. The molecule has 8 heteroatoms. The summed E-state index contributed by atoms with van der Waals surface area (Å²) in [7, 11) is 0. The van der Waals surface area contributed by atoms with Crippen molar-refractivity contribution >= 4 is 11.8 Å². The second-order valence-electron chi connectivity index (χ2n) is 5.78. The molecule has 0 aliphatic heterocycles. The maximum atomic E-state index is 13.2. The Morgan fingerprint density at radius 3 is 2.41 bits per heavy atom. The Morgan fingerprint density at radius 2 is 1.91 bits per heavy atom. The fourth-order valence-electron chi connectivity index (χ4n) is 1.62. The van der Waals surface area contributed by atoms with Gasteiger partial charge in [0.05, 0.1) is 0 Å². The predicted molar refractivity (Wildman–Crippen MR) is 74.0 cm³/mol. The summed E-state index contributed by atoms with van der Waals surface area (Å²) in [6.45, 7) is 4.91. The largest absolute Gasteiger partial charge is 0.444 e. The summed E-state index contributed by atoms with van der Waals surface area (Å²) < 4.78 is 55.8. The molecule has 3 N–H and O–H groups in total. The number of anilines is 1. The van der Waals surface area contributed by atoms with E-state index in [2.05, 4.69) is 5.32 Å². The highest BCUT2D eigenvalue weighted by atomic mass is 19.4. The first-order valence-electron chi connectivity index (χ1n) is 6.49. The van der Waals surface area contributed by atoms with Gasteiger partial charge in [-0.25, -0.2) is 9.18 Å². The van der Waals surface area contributed by atoms with E-state index in [0.29, 0.717) is 0 Å². The first kappa shape index (κ1) is 18.2. The lowest BCUT2D eigenvalue weighted by atomic mass is 10.0. The summed E-state index contributed by atoms with van der Waals surface area (Å²) in [5.41, 5.74) is 4.24. The highest BCUT2D eigenvalue weighted by Gasteiger charge is 2.37. The van der Waals surface area contributed by atoms with Crippen molar-refractivity contribution in [2.24, 2.45) is 5.73 Å².